The molecule has 3 heterocycles. The molecular formula is C27H35N5OS3. The molecule has 1 unspecified atom stereocenters. The van der Waals surface area contributed by atoms with E-state index in [0.29, 0.717) is 16.5 Å². The summed E-state index contributed by atoms with van der Waals surface area (Å²) in [5, 5.41) is 25.3. The highest BCUT2D eigenvalue weighted by Gasteiger charge is 2.32. The van der Waals surface area contributed by atoms with Crippen molar-refractivity contribution in [3.63, 3.8) is 0 Å². The smallest absolute Gasteiger partial charge is 0.235 e. The van der Waals surface area contributed by atoms with Crippen LogP contribution in [0.25, 0.3) is 11.4 Å². The molecule has 0 fully saturated rings. The molecule has 3 aromatic heterocycles. The first-order valence-corrected chi connectivity index (χ1v) is 15.3. The van der Waals surface area contributed by atoms with Gasteiger partial charge in [0.15, 0.2) is 11.0 Å². The lowest BCUT2D eigenvalue weighted by Crippen LogP contribution is -2.26. The Labute approximate surface area is 226 Å². The van der Waals surface area contributed by atoms with Crippen molar-refractivity contribution in [3.8, 4) is 17.5 Å². The van der Waals surface area contributed by atoms with Gasteiger partial charge in [0.05, 0.1) is 11.3 Å². The number of carbonyl (C=O) groups excluding carboxylic acids is 1. The number of aryl methyl sites for hydroxylation is 1. The number of hydrogen-bond donors (Lipinski definition) is 1. The molecule has 0 aromatic carbocycles. The molecule has 6 nitrogen and oxygen atoms in total. The van der Waals surface area contributed by atoms with E-state index in [4.69, 9.17) is 0 Å². The molecule has 1 amide bonds. The molecular weight excluding hydrogens is 507 g/mol. The highest BCUT2D eigenvalue weighted by Crippen LogP contribution is 2.44. The van der Waals surface area contributed by atoms with E-state index < -0.39 is 0 Å². The van der Waals surface area contributed by atoms with Gasteiger partial charge in [0, 0.05) is 26.7 Å². The molecule has 0 aliphatic heterocycles. The Balaban J connectivity index is 1.46. The van der Waals surface area contributed by atoms with Gasteiger partial charge in [-0.3, -0.25) is 9.36 Å². The third-order valence-electron chi connectivity index (χ3n) is 6.78. The SMILES string of the molecule is CCCc1cc(-c2nnc(SCC(=O)Nc3sc4c(c3C#N)CCC(C(C)(C)C)C4)n2C(C)C)cs1. The molecule has 0 bridgehead atoms. The molecule has 0 radical (unpaired) electrons. The third-order valence-corrected chi connectivity index (χ3v) is 9.89. The van der Waals surface area contributed by atoms with Crippen LogP contribution < -0.4 is 5.32 Å². The highest BCUT2D eigenvalue weighted by atomic mass is 32.2. The highest BCUT2D eigenvalue weighted by molar-refractivity contribution is 7.99. The molecule has 1 N–H and O–H groups in total. The van der Waals surface area contributed by atoms with E-state index in [9.17, 15) is 10.1 Å². The lowest BCUT2D eigenvalue weighted by atomic mass is 9.72. The van der Waals surface area contributed by atoms with Crippen molar-refractivity contribution in [2.24, 2.45) is 11.3 Å². The standard InChI is InChI=1S/C27H35N5OS3/c1-7-8-19-11-17(14-34-19)24-30-31-26(32(24)16(2)3)35-15-23(33)29-25-21(13-28)20-10-9-18(27(4,5)6)12-22(20)36-25/h11,14,16,18H,7-10,12,15H2,1-6H3,(H,29,33). The Kier molecular flexibility index (Phi) is 8.28. The number of amides is 1. The molecule has 192 valence electrons. The number of rotatable bonds is 8. The van der Waals surface area contributed by atoms with Crippen molar-refractivity contribution < 1.29 is 4.79 Å². The number of thiophene rings is 2. The van der Waals surface area contributed by atoms with Crippen molar-refractivity contribution in [3.05, 3.63) is 32.3 Å². The Morgan fingerprint density at radius 1 is 1.36 bits per heavy atom. The first kappa shape index (κ1) is 26.9. The summed E-state index contributed by atoms with van der Waals surface area (Å²) >= 11 is 4.72. The van der Waals surface area contributed by atoms with Crippen LogP contribution in [0.2, 0.25) is 0 Å². The molecule has 3 aromatic rings. The van der Waals surface area contributed by atoms with Crippen molar-refractivity contribution >= 4 is 45.3 Å². The summed E-state index contributed by atoms with van der Waals surface area (Å²) in [5.41, 5.74) is 3.10. The number of nitrogens with zero attached hydrogens (tertiary/aromatic N) is 4. The predicted octanol–water partition coefficient (Wildman–Crippen LogP) is 7.35. The molecule has 0 saturated heterocycles. The number of carbonyl (C=O) groups is 1. The number of nitrogens with one attached hydrogen (secondary N) is 1. The fourth-order valence-electron chi connectivity index (χ4n) is 4.74. The zero-order valence-corrected chi connectivity index (χ0v) is 24.4. The maximum atomic E-state index is 12.9. The zero-order valence-electron chi connectivity index (χ0n) is 22.0. The minimum Gasteiger partial charge on any atom is -0.316 e. The number of anilines is 1. The molecule has 0 spiro atoms. The molecule has 4 rings (SSSR count). The van der Waals surface area contributed by atoms with Gasteiger partial charge in [-0.25, -0.2) is 0 Å². The van der Waals surface area contributed by atoms with Gasteiger partial charge in [-0.15, -0.1) is 32.9 Å². The first-order valence-electron chi connectivity index (χ1n) is 12.6. The maximum absolute atomic E-state index is 12.9. The van der Waals surface area contributed by atoms with Crippen molar-refractivity contribution in [1.82, 2.24) is 14.8 Å². The second kappa shape index (κ2) is 11.1. The topological polar surface area (TPSA) is 83.6 Å². The molecule has 1 aliphatic rings. The van der Waals surface area contributed by atoms with E-state index in [0.717, 1.165) is 54.2 Å². The quantitative estimate of drug-likeness (QED) is 0.301. The first-order chi connectivity index (χ1) is 17.1. The summed E-state index contributed by atoms with van der Waals surface area (Å²) in [6.45, 7) is 13.2. The minimum absolute atomic E-state index is 0.122. The average molecular weight is 542 g/mol. The zero-order chi connectivity index (χ0) is 26.0. The number of fused-ring (bicyclic) bond motifs is 1. The van der Waals surface area contributed by atoms with Crippen molar-refractivity contribution in [2.75, 3.05) is 11.1 Å². The molecule has 1 atom stereocenters. The maximum Gasteiger partial charge on any atom is 0.235 e. The van der Waals surface area contributed by atoms with Gasteiger partial charge < -0.3 is 5.32 Å². The largest absolute Gasteiger partial charge is 0.316 e. The fraction of sp³-hybridized carbons (Fsp3) is 0.556. The van der Waals surface area contributed by atoms with Crippen LogP contribution in [-0.2, 0) is 24.1 Å². The summed E-state index contributed by atoms with van der Waals surface area (Å²) < 4.78 is 2.10. The Morgan fingerprint density at radius 2 is 2.14 bits per heavy atom. The summed E-state index contributed by atoms with van der Waals surface area (Å²) in [6, 6.07) is 4.72. The average Bonchev–Trinajstić information content (AvgIpc) is 3.53. The predicted molar refractivity (Wildman–Crippen MR) is 151 cm³/mol. The molecule has 9 heteroatoms. The summed E-state index contributed by atoms with van der Waals surface area (Å²) in [7, 11) is 0. The number of hydrogen-bond acceptors (Lipinski definition) is 7. The van der Waals surface area contributed by atoms with Crippen LogP contribution in [-0.4, -0.2) is 26.4 Å². The lowest BCUT2D eigenvalue weighted by molar-refractivity contribution is -0.113. The van der Waals surface area contributed by atoms with Gasteiger partial charge in [-0.2, -0.15) is 5.26 Å². The fourth-order valence-corrected chi connectivity index (χ4v) is 7.87. The normalized spacial score (nSPS) is 15.7. The number of nitriles is 1. The number of aromatic nitrogens is 3. The van der Waals surface area contributed by atoms with Gasteiger partial charge in [-0.05, 0) is 62.5 Å². The van der Waals surface area contributed by atoms with E-state index in [1.54, 1.807) is 22.7 Å². The molecule has 36 heavy (non-hydrogen) atoms. The summed E-state index contributed by atoms with van der Waals surface area (Å²) in [4.78, 5) is 15.5. The van der Waals surface area contributed by atoms with Crippen LogP contribution in [0.3, 0.4) is 0 Å². The second-order valence-electron chi connectivity index (χ2n) is 10.8. The van der Waals surface area contributed by atoms with Gasteiger partial charge in [0.25, 0.3) is 0 Å². The van der Waals surface area contributed by atoms with E-state index in [2.05, 4.69) is 79.1 Å². The van der Waals surface area contributed by atoms with Crippen LogP contribution in [0.15, 0.2) is 16.6 Å². The van der Waals surface area contributed by atoms with Crippen molar-refractivity contribution in [2.45, 2.75) is 84.8 Å². The van der Waals surface area contributed by atoms with E-state index in [-0.39, 0.29) is 23.1 Å². The van der Waals surface area contributed by atoms with Gasteiger partial charge in [0.1, 0.15) is 11.1 Å². The van der Waals surface area contributed by atoms with Gasteiger partial charge in [-0.1, -0.05) is 45.9 Å². The number of thioether (sulfide) groups is 1. The minimum atomic E-state index is -0.122. The monoisotopic (exact) mass is 541 g/mol. The van der Waals surface area contributed by atoms with Crippen molar-refractivity contribution in [1.29, 1.82) is 5.26 Å². The van der Waals surface area contributed by atoms with Crippen LogP contribution in [0, 0.1) is 22.7 Å². The molecule has 0 saturated carbocycles. The van der Waals surface area contributed by atoms with E-state index in [1.807, 2.05) is 0 Å². The van der Waals surface area contributed by atoms with E-state index >= 15 is 0 Å². The van der Waals surface area contributed by atoms with E-state index in [1.165, 1.54) is 21.5 Å². The summed E-state index contributed by atoms with van der Waals surface area (Å²) in [6.07, 6.45) is 5.15. The van der Waals surface area contributed by atoms with Crippen LogP contribution in [0.5, 0.6) is 0 Å². The second-order valence-corrected chi connectivity index (χ2v) is 13.8. The Hall–Kier alpha value is -2.15. The van der Waals surface area contributed by atoms with Crippen LogP contribution in [0.4, 0.5) is 5.00 Å². The summed E-state index contributed by atoms with van der Waals surface area (Å²) in [5.74, 6) is 1.53. The Bertz CT molecular complexity index is 1270. The van der Waals surface area contributed by atoms with Crippen LogP contribution >= 0.6 is 34.4 Å². The van der Waals surface area contributed by atoms with Gasteiger partial charge >= 0.3 is 0 Å². The van der Waals surface area contributed by atoms with Gasteiger partial charge in [0.2, 0.25) is 5.91 Å². The Morgan fingerprint density at radius 3 is 2.81 bits per heavy atom. The molecule has 1 aliphatic carbocycles. The van der Waals surface area contributed by atoms with Crippen LogP contribution in [0.1, 0.15) is 81.3 Å². The lowest BCUT2D eigenvalue weighted by Gasteiger charge is -2.33. The third kappa shape index (κ3) is 5.71.